The van der Waals surface area contributed by atoms with Crippen LogP contribution < -0.4 is 0 Å². The summed E-state index contributed by atoms with van der Waals surface area (Å²) in [6.07, 6.45) is -1.29. The van der Waals surface area contributed by atoms with Gasteiger partial charge in [-0.1, -0.05) is 0 Å². The molecule has 0 radical (unpaired) electrons. The van der Waals surface area contributed by atoms with Gasteiger partial charge in [0.25, 0.3) is 6.43 Å². The van der Waals surface area contributed by atoms with Crippen LogP contribution in [-0.2, 0) is 11.3 Å². The molecule has 0 bridgehead atoms. The zero-order valence-corrected chi connectivity index (χ0v) is 8.79. The fraction of sp³-hybridized carbons (Fsp3) is 0.429. The van der Waals surface area contributed by atoms with Crippen molar-refractivity contribution in [3.05, 3.63) is 16.4 Å². The maximum atomic E-state index is 12.0. The third-order valence-electron chi connectivity index (χ3n) is 1.48. The fourth-order valence-electron chi connectivity index (χ4n) is 0.931. The van der Waals surface area contributed by atoms with Crippen molar-refractivity contribution in [1.29, 1.82) is 0 Å². The molecule has 0 saturated heterocycles. The summed E-state index contributed by atoms with van der Waals surface area (Å²) in [7, 11) is 1.18. The maximum absolute atomic E-state index is 12.0. The van der Waals surface area contributed by atoms with Crippen molar-refractivity contribution in [3.63, 3.8) is 0 Å². The van der Waals surface area contributed by atoms with Crippen molar-refractivity contribution >= 4 is 21.9 Å². The van der Waals surface area contributed by atoms with E-state index in [4.69, 9.17) is 0 Å². The van der Waals surface area contributed by atoms with Gasteiger partial charge in [0, 0.05) is 0 Å². The van der Waals surface area contributed by atoms with Gasteiger partial charge < -0.3 is 4.74 Å². The number of carbonyl (C=O) groups is 1. The summed E-state index contributed by atoms with van der Waals surface area (Å²) < 4.78 is 29.8. The monoisotopic (exact) mass is 268 g/mol. The van der Waals surface area contributed by atoms with E-state index >= 15 is 0 Å². The second kappa shape index (κ2) is 4.50. The third kappa shape index (κ3) is 2.28. The first-order valence-electron chi connectivity index (χ1n) is 3.64. The molecule has 1 aromatic rings. The first-order chi connectivity index (χ1) is 6.56. The van der Waals surface area contributed by atoms with Crippen LogP contribution in [0.1, 0.15) is 10.5 Å². The summed E-state index contributed by atoms with van der Waals surface area (Å²) in [6, 6.07) is 0. The zero-order valence-electron chi connectivity index (χ0n) is 7.21. The van der Waals surface area contributed by atoms with Gasteiger partial charge in [-0.05, 0) is 15.9 Å². The minimum Gasteiger partial charge on any atom is -0.464 e. The zero-order chi connectivity index (χ0) is 10.7. The molecule has 0 fully saturated rings. The number of nitrogens with zero attached hydrogens (tertiary/aromatic N) is 2. The van der Waals surface area contributed by atoms with Crippen LogP contribution in [0.3, 0.4) is 0 Å². The van der Waals surface area contributed by atoms with Gasteiger partial charge in [-0.3, -0.25) is 4.68 Å². The van der Waals surface area contributed by atoms with Crippen molar-refractivity contribution in [2.45, 2.75) is 13.0 Å². The van der Waals surface area contributed by atoms with Gasteiger partial charge in [0.15, 0.2) is 5.69 Å². The minimum atomic E-state index is -2.56. The maximum Gasteiger partial charge on any atom is 0.357 e. The Morgan fingerprint density at radius 2 is 2.43 bits per heavy atom. The number of hydrogen-bond acceptors (Lipinski definition) is 3. The molecule has 0 aliphatic rings. The number of methoxy groups -OCH3 is 1. The Bertz CT molecular complexity index is 340. The van der Waals surface area contributed by atoms with Gasteiger partial charge >= 0.3 is 5.97 Å². The lowest BCUT2D eigenvalue weighted by atomic mass is 10.4. The second-order valence-corrected chi connectivity index (χ2v) is 3.26. The van der Waals surface area contributed by atoms with Gasteiger partial charge in [-0.2, -0.15) is 5.10 Å². The Kier molecular flexibility index (Phi) is 3.56. The highest BCUT2D eigenvalue weighted by Gasteiger charge is 2.19. The van der Waals surface area contributed by atoms with Crippen molar-refractivity contribution in [2.24, 2.45) is 0 Å². The van der Waals surface area contributed by atoms with Crippen molar-refractivity contribution in [1.82, 2.24) is 9.78 Å². The Morgan fingerprint density at radius 1 is 1.79 bits per heavy atom. The number of ether oxygens (including phenoxy) is 1. The Morgan fingerprint density at radius 3 is 2.93 bits per heavy atom. The van der Waals surface area contributed by atoms with Crippen molar-refractivity contribution < 1.29 is 18.3 Å². The van der Waals surface area contributed by atoms with E-state index in [1.807, 2.05) is 0 Å². The third-order valence-corrected chi connectivity index (χ3v) is 2.06. The predicted molar refractivity (Wildman–Crippen MR) is 47.3 cm³/mol. The molecule has 0 aromatic carbocycles. The van der Waals surface area contributed by atoms with Crippen LogP contribution in [-0.4, -0.2) is 29.3 Å². The van der Waals surface area contributed by atoms with Crippen LogP contribution in [0, 0.1) is 0 Å². The number of rotatable bonds is 3. The van der Waals surface area contributed by atoms with Crippen LogP contribution in [0.2, 0.25) is 0 Å². The van der Waals surface area contributed by atoms with Crippen LogP contribution >= 0.6 is 15.9 Å². The highest BCUT2D eigenvalue weighted by atomic mass is 79.9. The van der Waals surface area contributed by atoms with E-state index in [0.717, 1.165) is 4.68 Å². The topological polar surface area (TPSA) is 44.1 Å². The quantitative estimate of drug-likeness (QED) is 0.784. The van der Waals surface area contributed by atoms with E-state index in [9.17, 15) is 13.6 Å². The van der Waals surface area contributed by atoms with Gasteiger partial charge in [0.05, 0.1) is 17.8 Å². The lowest BCUT2D eigenvalue weighted by Gasteiger charge is -2.04. The summed E-state index contributed by atoms with van der Waals surface area (Å²) in [5.74, 6) is -0.699. The number of alkyl halides is 2. The molecule has 0 amide bonds. The van der Waals surface area contributed by atoms with Crippen LogP contribution in [0.15, 0.2) is 10.7 Å². The molecule has 0 atom stereocenters. The van der Waals surface area contributed by atoms with Gasteiger partial charge in [-0.15, -0.1) is 0 Å². The van der Waals surface area contributed by atoms with E-state index in [1.165, 1.54) is 13.3 Å². The predicted octanol–water partition coefficient (Wildman–Crippen LogP) is 1.70. The SMILES string of the molecule is COC(=O)c1c(Br)cnn1CC(F)F. The fourth-order valence-corrected chi connectivity index (χ4v) is 1.39. The van der Waals surface area contributed by atoms with Gasteiger partial charge in [0.1, 0.15) is 6.54 Å². The van der Waals surface area contributed by atoms with Gasteiger partial charge in [-0.25, -0.2) is 13.6 Å². The molecule has 0 spiro atoms. The molecule has 78 valence electrons. The van der Waals surface area contributed by atoms with E-state index in [-0.39, 0.29) is 5.69 Å². The minimum absolute atomic E-state index is 0.00667. The highest BCUT2D eigenvalue weighted by Crippen LogP contribution is 2.17. The molecule has 14 heavy (non-hydrogen) atoms. The number of hydrogen-bond donors (Lipinski definition) is 0. The average molecular weight is 269 g/mol. The number of halogens is 3. The Hall–Kier alpha value is -0.980. The largest absolute Gasteiger partial charge is 0.464 e. The summed E-state index contributed by atoms with van der Waals surface area (Å²) in [5.41, 5.74) is -0.00667. The lowest BCUT2D eigenvalue weighted by Crippen LogP contribution is -2.16. The Labute approximate surface area is 87.0 Å². The number of carbonyl (C=O) groups excluding carboxylic acids is 1. The normalized spacial score (nSPS) is 10.6. The molecule has 7 heteroatoms. The summed E-state index contributed by atoms with van der Waals surface area (Å²) in [4.78, 5) is 11.1. The van der Waals surface area contributed by atoms with E-state index in [0.29, 0.717) is 4.47 Å². The standard InChI is InChI=1S/C7H7BrF2N2O2/c1-14-7(13)6-4(8)2-11-12(6)3-5(9)10/h2,5H,3H2,1H3. The van der Waals surface area contributed by atoms with Gasteiger partial charge in [0.2, 0.25) is 0 Å². The lowest BCUT2D eigenvalue weighted by molar-refractivity contribution is 0.0575. The van der Waals surface area contributed by atoms with Crippen LogP contribution in [0.5, 0.6) is 0 Å². The summed E-state index contributed by atoms with van der Waals surface area (Å²) in [5, 5.41) is 3.61. The molecule has 0 unspecified atom stereocenters. The molecule has 1 rings (SSSR count). The van der Waals surface area contributed by atoms with E-state index < -0.39 is 18.9 Å². The van der Waals surface area contributed by atoms with Crippen molar-refractivity contribution in [3.8, 4) is 0 Å². The molecular weight excluding hydrogens is 262 g/mol. The molecule has 0 saturated carbocycles. The number of esters is 1. The first-order valence-corrected chi connectivity index (χ1v) is 4.43. The molecule has 1 heterocycles. The Balaban J connectivity index is 3.00. The van der Waals surface area contributed by atoms with Crippen LogP contribution in [0.4, 0.5) is 8.78 Å². The molecular formula is C7H7BrF2N2O2. The second-order valence-electron chi connectivity index (χ2n) is 2.41. The van der Waals surface area contributed by atoms with E-state index in [2.05, 4.69) is 25.8 Å². The molecule has 0 N–H and O–H groups in total. The summed E-state index contributed by atoms with van der Waals surface area (Å²) >= 11 is 3.02. The van der Waals surface area contributed by atoms with Crippen LogP contribution in [0.25, 0.3) is 0 Å². The summed E-state index contributed by atoms with van der Waals surface area (Å²) in [6.45, 7) is -0.629. The molecule has 0 aliphatic heterocycles. The highest BCUT2D eigenvalue weighted by molar-refractivity contribution is 9.10. The number of aromatic nitrogens is 2. The molecule has 0 aliphatic carbocycles. The smallest absolute Gasteiger partial charge is 0.357 e. The van der Waals surface area contributed by atoms with Crippen molar-refractivity contribution in [2.75, 3.05) is 7.11 Å². The molecule has 1 aromatic heterocycles. The van der Waals surface area contributed by atoms with E-state index in [1.54, 1.807) is 0 Å². The first kappa shape index (κ1) is 11.1. The average Bonchev–Trinajstić information content (AvgIpc) is 2.45. The molecule has 4 nitrogen and oxygen atoms in total.